The highest BCUT2D eigenvalue weighted by molar-refractivity contribution is 14.0. The van der Waals surface area contributed by atoms with Crippen molar-refractivity contribution in [1.29, 1.82) is 0 Å². The van der Waals surface area contributed by atoms with Gasteiger partial charge in [-0.25, -0.2) is 0 Å². The Labute approximate surface area is 185 Å². The van der Waals surface area contributed by atoms with Crippen LogP contribution in [0.25, 0.3) is 0 Å². The van der Waals surface area contributed by atoms with E-state index < -0.39 is 0 Å². The molecule has 0 radical (unpaired) electrons. The van der Waals surface area contributed by atoms with E-state index in [0.717, 1.165) is 25.0 Å². The number of nitrogens with one attached hydrogen (secondary N) is 2. The average molecular weight is 494 g/mol. The summed E-state index contributed by atoms with van der Waals surface area (Å²) in [6, 6.07) is 0.574. The van der Waals surface area contributed by atoms with Crippen molar-refractivity contribution in [1.82, 2.24) is 20.4 Å². The van der Waals surface area contributed by atoms with Gasteiger partial charge in [0.1, 0.15) is 0 Å². The predicted molar refractivity (Wildman–Crippen MR) is 128 cm³/mol. The van der Waals surface area contributed by atoms with E-state index in [0.29, 0.717) is 12.0 Å². The van der Waals surface area contributed by atoms with Crippen LogP contribution in [0, 0.1) is 11.8 Å². The van der Waals surface area contributed by atoms with Gasteiger partial charge in [-0.2, -0.15) is 0 Å². The molecule has 2 fully saturated rings. The van der Waals surface area contributed by atoms with Crippen LogP contribution in [0.3, 0.4) is 0 Å². The van der Waals surface area contributed by atoms with Crippen LogP contribution in [0.1, 0.15) is 58.8 Å². The van der Waals surface area contributed by atoms with Gasteiger partial charge in [-0.1, -0.05) is 52.4 Å². The van der Waals surface area contributed by atoms with Gasteiger partial charge in [0.2, 0.25) is 0 Å². The van der Waals surface area contributed by atoms with E-state index in [2.05, 4.69) is 46.3 Å². The fraction of sp³-hybridized carbons (Fsp3) is 0.952. The van der Waals surface area contributed by atoms with Crippen LogP contribution in [0.5, 0.6) is 0 Å². The molecule has 0 spiro atoms. The maximum absolute atomic E-state index is 4.42. The molecule has 0 aromatic heterocycles. The molecule has 1 aliphatic heterocycles. The summed E-state index contributed by atoms with van der Waals surface area (Å²) in [7, 11) is 4.10. The minimum atomic E-state index is 0. The zero-order chi connectivity index (χ0) is 18.8. The monoisotopic (exact) mass is 493 g/mol. The van der Waals surface area contributed by atoms with E-state index in [4.69, 9.17) is 0 Å². The number of likely N-dealkylation sites (N-methyl/N-ethyl adjacent to an activating group) is 1. The number of unbranched alkanes of at least 4 members (excludes halogenated alkanes) is 1. The molecule has 0 amide bonds. The minimum Gasteiger partial charge on any atom is -0.356 e. The number of rotatable bonds is 9. The maximum Gasteiger partial charge on any atom is 0.191 e. The summed E-state index contributed by atoms with van der Waals surface area (Å²) >= 11 is 0. The lowest BCUT2D eigenvalue weighted by Crippen LogP contribution is -2.55. The molecule has 1 unspecified atom stereocenters. The molecule has 27 heavy (non-hydrogen) atoms. The summed E-state index contributed by atoms with van der Waals surface area (Å²) in [6.07, 6.45) is 9.90. The molecule has 0 bridgehead atoms. The first-order valence-electron chi connectivity index (χ1n) is 11.0. The molecule has 1 saturated heterocycles. The van der Waals surface area contributed by atoms with Gasteiger partial charge in [0.05, 0.1) is 0 Å². The summed E-state index contributed by atoms with van der Waals surface area (Å²) in [5, 5.41) is 7.09. The summed E-state index contributed by atoms with van der Waals surface area (Å²) < 4.78 is 0. The fourth-order valence-electron chi connectivity index (χ4n) is 4.43. The van der Waals surface area contributed by atoms with Crippen molar-refractivity contribution in [2.24, 2.45) is 16.8 Å². The van der Waals surface area contributed by atoms with Crippen LogP contribution in [0.4, 0.5) is 0 Å². The maximum atomic E-state index is 4.42. The number of halogens is 1. The molecule has 6 heteroatoms. The predicted octanol–water partition coefficient (Wildman–Crippen LogP) is 3.40. The smallest absolute Gasteiger partial charge is 0.191 e. The molecule has 1 atom stereocenters. The van der Waals surface area contributed by atoms with Crippen LogP contribution in [0.2, 0.25) is 0 Å². The highest BCUT2D eigenvalue weighted by Crippen LogP contribution is 2.28. The molecule has 2 aliphatic rings. The third-order valence-corrected chi connectivity index (χ3v) is 6.29. The van der Waals surface area contributed by atoms with Gasteiger partial charge in [-0.05, 0) is 25.3 Å². The van der Waals surface area contributed by atoms with Crippen LogP contribution in [0.15, 0.2) is 4.99 Å². The number of hydrogen-bond donors (Lipinski definition) is 2. The van der Waals surface area contributed by atoms with Gasteiger partial charge in [-0.15, -0.1) is 24.0 Å². The van der Waals surface area contributed by atoms with E-state index in [-0.39, 0.29) is 24.0 Å². The Morgan fingerprint density at radius 1 is 1.04 bits per heavy atom. The molecule has 0 aromatic rings. The van der Waals surface area contributed by atoms with Crippen LogP contribution in [-0.2, 0) is 0 Å². The van der Waals surface area contributed by atoms with Crippen molar-refractivity contribution in [2.75, 3.05) is 53.4 Å². The zero-order valence-electron chi connectivity index (χ0n) is 18.2. The van der Waals surface area contributed by atoms with Crippen molar-refractivity contribution < 1.29 is 0 Å². The Morgan fingerprint density at radius 2 is 1.70 bits per heavy atom. The topological polar surface area (TPSA) is 42.9 Å². The summed E-state index contributed by atoms with van der Waals surface area (Å²) in [5.74, 6) is 2.63. The molecule has 2 rings (SSSR count). The fourth-order valence-corrected chi connectivity index (χ4v) is 4.43. The molecule has 1 saturated carbocycles. The summed E-state index contributed by atoms with van der Waals surface area (Å²) in [4.78, 5) is 9.49. The van der Waals surface area contributed by atoms with Gasteiger partial charge in [0.15, 0.2) is 5.96 Å². The van der Waals surface area contributed by atoms with Crippen molar-refractivity contribution >= 4 is 29.9 Å². The Bertz CT molecular complexity index is 401. The van der Waals surface area contributed by atoms with E-state index in [1.807, 2.05) is 7.05 Å². The normalized spacial score (nSPS) is 21.3. The Balaban J connectivity index is 0.00000364. The van der Waals surface area contributed by atoms with Gasteiger partial charge in [0, 0.05) is 52.4 Å². The number of hydrogen-bond acceptors (Lipinski definition) is 3. The second kappa shape index (κ2) is 14.0. The van der Waals surface area contributed by atoms with E-state index in [1.54, 1.807) is 0 Å². The van der Waals surface area contributed by atoms with Gasteiger partial charge in [0.25, 0.3) is 0 Å². The SMILES string of the molecule is CN=C(NCCCCC1CCCC1)NCC(C(C)C)N1CCN(C)CC1.I. The first kappa shape index (κ1) is 25.0. The minimum absolute atomic E-state index is 0. The number of aliphatic imine (C=N–C) groups is 1. The van der Waals surface area contributed by atoms with Crippen molar-refractivity contribution in [3.8, 4) is 0 Å². The first-order valence-corrected chi connectivity index (χ1v) is 11.0. The van der Waals surface area contributed by atoms with Crippen molar-refractivity contribution in [3.05, 3.63) is 0 Å². The Hall–Kier alpha value is -0.0800. The number of piperazine rings is 1. The van der Waals surface area contributed by atoms with Gasteiger partial charge < -0.3 is 15.5 Å². The molecule has 1 aliphatic carbocycles. The van der Waals surface area contributed by atoms with Crippen LogP contribution in [-0.4, -0.2) is 75.2 Å². The van der Waals surface area contributed by atoms with E-state index >= 15 is 0 Å². The van der Waals surface area contributed by atoms with Crippen LogP contribution >= 0.6 is 24.0 Å². The second-order valence-electron chi connectivity index (χ2n) is 8.68. The lowest BCUT2D eigenvalue weighted by Gasteiger charge is -2.40. The van der Waals surface area contributed by atoms with E-state index in [1.165, 1.54) is 71.1 Å². The van der Waals surface area contributed by atoms with E-state index in [9.17, 15) is 0 Å². The van der Waals surface area contributed by atoms with Crippen LogP contribution < -0.4 is 10.6 Å². The zero-order valence-corrected chi connectivity index (χ0v) is 20.5. The second-order valence-corrected chi connectivity index (χ2v) is 8.68. The summed E-state index contributed by atoms with van der Waals surface area (Å²) in [6.45, 7) is 11.4. The lowest BCUT2D eigenvalue weighted by molar-refractivity contribution is 0.0900. The molecular weight excluding hydrogens is 449 g/mol. The molecular formula is C21H44IN5. The van der Waals surface area contributed by atoms with Crippen molar-refractivity contribution in [2.45, 2.75) is 64.8 Å². The first-order chi connectivity index (χ1) is 12.6. The largest absolute Gasteiger partial charge is 0.356 e. The Kier molecular flexibility index (Phi) is 12.9. The van der Waals surface area contributed by atoms with Gasteiger partial charge in [-0.3, -0.25) is 9.89 Å². The average Bonchev–Trinajstić information content (AvgIpc) is 3.14. The standard InChI is InChI=1S/C21H43N5.HI/c1-18(2)20(26-15-13-25(4)14-16-26)17-24-21(22-3)23-12-8-7-11-19-9-5-6-10-19;/h18-20H,5-17H2,1-4H3,(H2,22,23,24);1H. The molecule has 2 N–H and O–H groups in total. The lowest BCUT2D eigenvalue weighted by atomic mass is 10.0. The summed E-state index contributed by atoms with van der Waals surface area (Å²) in [5.41, 5.74) is 0. The molecule has 0 aromatic carbocycles. The molecule has 160 valence electrons. The number of guanidine groups is 1. The molecule has 1 heterocycles. The highest BCUT2D eigenvalue weighted by atomic mass is 127. The quantitative estimate of drug-likeness (QED) is 0.224. The molecule has 5 nitrogen and oxygen atoms in total. The third kappa shape index (κ3) is 9.31. The van der Waals surface area contributed by atoms with Crippen molar-refractivity contribution in [3.63, 3.8) is 0 Å². The third-order valence-electron chi connectivity index (χ3n) is 6.29. The highest BCUT2D eigenvalue weighted by Gasteiger charge is 2.25. The van der Waals surface area contributed by atoms with Gasteiger partial charge >= 0.3 is 0 Å². The Morgan fingerprint density at radius 3 is 2.30 bits per heavy atom. The number of nitrogens with zero attached hydrogens (tertiary/aromatic N) is 3.